The molecule has 4 heteroatoms. The first-order chi connectivity index (χ1) is 7.65. The molecule has 0 unspecified atom stereocenters. The summed E-state index contributed by atoms with van der Waals surface area (Å²) < 4.78 is 1.05. The topological polar surface area (TPSA) is 38.9 Å². The molecule has 2 nitrogen and oxygen atoms in total. The van der Waals surface area contributed by atoms with Crippen molar-refractivity contribution in [1.82, 2.24) is 4.98 Å². The fraction of sp³-hybridized carbons (Fsp3) is 0.250. The fourth-order valence-electron chi connectivity index (χ4n) is 1.64. The summed E-state index contributed by atoms with van der Waals surface area (Å²) in [5, 5.41) is 0.631. The zero-order valence-corrected chi connectivity index (χ0v) is 11.4. The van der Waals surface area contributed by atoms with Gasteiger partial charge in [-0.25, -0.2) is 4.98 Å². The Hall–Kier alpha value is -0.870. The van der Waals surface area contributed by atoms with E-state index in [2.05, 4.69) is 52.1 Å². The number of rotatable bonds is 3. The summed E-state index contributed by atoms with van der Waals surface area (Å²) in [7, 11) is 0. The van der Waals surface area contributed by atoms with E-state index < -0.39 is 0 Å². The van der Waals surface area contributed by atoms with Crippen molar-refractivity contribution in [2.45, 2.75) is 19.8 Å². The Morgan fingerprint density at radius 2 is 2.19 bits per heavy atom. The van der Waals surface area contributed by atoms with Crippen LogP contribution in [0.3, 0.4) is 0 Å². The quantitative estimate of drug-likeness (QED) is 0.940. The Morgan fingerprint density at radius 1 is 1.38 bits per heavy atom. The molecule has 1 aromatic heterocycles. The Morgan fingerprint density at radius 3 is 2.81 bits per heavy atom. The number of aromatic nitrogens is 1. The number of hydrogen-bond donors (Lipinski definition) is 1. The summed E-state index contributed by atoms with van der Waals surface area (Å²) >= 11 is 4.97. The van der Waals surface area contributed by atoms with Crippen molar-refractivity contribution in [1.29, 1.82) is 0 Å². The maximum absolute atomic E-state index is 5.65. The van der Waals surface area contributed by atoms with Gasteiger partial charge in [0.15, 0.2) is 5.13 Å². The number of thiazole rings is 1. The number of anilines is 1. The summed E-state index contributed by atoms with van der Waals surface area (Å²) in [6.45, 7) is 2.11. The number of benzene rings is 1. The highest BCUT2D eigenvalue weighted by Crippen LogP contribution is 2.27. The van der Waals surface area contributed by atoms with Gasteiger partial charge < -0.3 is 5.73 Å². The first-order valence-corrected chi connectivity index (χ1v) is 6.72. The maximum Gasteiger partial charge on any atom is 0.181 e. The van der Waals surface area contributed by atoms with Gasteiger partial charge in [-0.1, -0.05) is 41.2 Å². The van der Waals surface area contributed by atoms with Crippen molar-refractivity contribution >= 4 is 32.4 Å². The number of nitrogen functional groups attached to an aromatic ring is 1. The highest BCUT2D eigenvalue weighted by molar-refractivity contribution is 9.11. The second-order valence-electron chi connectivity index (χ2n) is 3.76. The molecule has 0 atom stereocenters. The molecule has 0 radical (unpaired) electrons. The fourth-order valence-corrected chi connectivity index (χ4v) is 3.02. The zero-order chi connectivity index (χ0) is 11.5. The summed E-state index contributed by atoms with van der Waals surface area (Å²) in [6, 6.07) is 8.57. The number of aryl methyl sites for hydroxylation is 3. The summed E-state index contributed by atoms with van der Waals surface area (Å²) in [4.78, 5) is 4.30. The van der Waals surface area contributed by atoms with Crippen LogP contribution in [0.2, 0.25) is 0 Å². The molecule has 2 rings (SSSR count). The average Bonchev–Trinajstić information content (AvgIpc) is 2.54. The SMILES string of the molecule is Cc1cccc(CCc2nc(N)sc2Br)c1. The smallest absolute Gasteiger partial charge is 0.181 e. The Kier molecular flexibility index (Phi) is 3.61. The predicted octanol–water partition coefficient (Wildman–Crippen LogP) is 3.58. The normalized spacial score (nSPS) is 10.6. The van der Waals surface area contributed by atoms with Gasteiger partial charge in [-0.15, -0.1) is 0 Å². The van der Waals surface area contributed by atoms with E-state index in [0.717, 1.165) is 22.3 Å². The first-order valence-electron chi connectivity index (χ1n) is 5.11. The number of halogens is 1. The van der Waals surface area contributed by atoms with Crippen LogP contribution in [0.15, 0.2) is 28.1 Å². The van der Waals surface area contributed by atoms with Crippen LogP contribution in [0.25, 0.3) is 0 Å². The molecular formula is C12H13BrN2S. The van der Waals surface area contributed by atoms with E-state index >= 15 is 0 Å². The van der Waals surface area contributed by atoms with E-state index in [-0.39, 0.29) is 0 Å². The molecule has 0 bridgehead atoms. The minimum absolute atomic E-state index is 0.631. The van der Waals surface area contributed by atoms with Crippen LogP contribution in [0.4, 0.5) is 5.13 Å². The summed E-state index contributed by atoms with van der Waals surface area (Å²) in [5.74, 6) is 0. The van der Waals surface area contributed by atoms with Crippen LogP contribution in [-0.2, 0) is 12.8 Å². The van der Waals surface area contributed by atoms with Crippen LogP contribution in [0.1, 0.15) is 16.8 Å². The zero-order valence-electron chi connectivity index (χ0n) is 9.03. The van der Waals surface area contributed by atoms with E-state index in [1.165, 1.54) is 22.5 Å². The number of nitrogens with zero attached hydrogens (tertiary/aromatic N) is 1. The molecule has 16 heavy (non-hydrogen) atoms. The predicted molar refractivity (Wildman–Crippen MR) is 72.8 cm³/mol. The van der Waals surface area contributed by atoms with Gasteiger partial charge in [0.25, 0.3) is 0 Å². The number of nitrogens with two attached hydrogens (primary N) is 1. The van der Waals surface area contributed by atoms with Crippen LogP contribution >= 0.6 is 27.3 Å². The lowest BCUT2D eigenvalue weighted by Gasteiger charge is -2.01. The molecule has 0 fully saturated rings. The van der Waals surface area contributed by atoms with Crippen LogP contribution in [-0.4, -0.2) is 4.98 Å². The van der Waals surface area contributed by atoms with Crippen LogP contribution in [0.5, 0.6) is 0 Å². The lowest BCUT2D eigenvalue weighted by atomic mass is 10.1. The molecule has 0 aliphatic carbocycles. The molecule has 0 aliphatic heterocycles. The van der Waals surface area contributed by atoms with Gasteiger partial charge in [0, 0.05) is 0 Å². The third kappa shape index (κ3) is 2.83. The van der Waals surface area contributed by atoms with Gasteiger partial charge >= 0.3 is 0 Å². The van der Waals surface area contributed by atoms with E-state index in [1.807, 2.05) is 0 Å². The van der Waals surface area contributed by atoms with E-state index in [9.17, 15) is 0 Å². The van der Waals surface area contributed by atoms with Crippen molar-refractivity contribution in [2.75, 3.05) is 5.73 Å². The maximum atomic E-state index is 5.65. The summed E-state index contributed by atoms with van der Waals surface area (Å²) in [6.07, 6.45) is 1.93. The molecule has 0 saturated carbocycles. The highest BCUT2D eigenvalue weighted by atomic mass is 79.9. The molecule has 1 aromatic carbocycles. The summed E-state index contributed by atoms with van der Waals surface area (Å²) in [5.41, 5.74) is 9.36. The third-order valence-corrected chi connectivity index (χ3v) is 4.06. The van der Waals surface area contributed by atoms with Crippen molar-refractivity contribution in [2.24, 2.45) is 0 Å². The van der Waals surface area contributed by atoms with Crippen LogP contribution < -0.4 is 5.73 Å². The van der Waals surface area contributed by atoms with E-state index in [1.54, 1.807) is 0 Å². The first kappa shape index (κ1) is 11.6. The molecule has 2 aromatic rings. The van der Waals surface area contributed by atoms with Gasteiger partial charge in [0.1, 0.15) is 0 Å². The lowest BCUT2D eigenvalue weighted by molar-refractivity contribution is 0.921. The van der Waals surface area contributed by atoms with Gasteiger partial charge in [-0.2, -0.15) is 0 Å². The van der Waals surface area contributed by atoms with Gasteiger partial charge in [0.2, 0.25) is 0 Å². The van der Waals surface area contributed by atoms with Crippen molar-refractivity contribution in [3.63, 3.8) is 0 Å². The van der Waals surface area contributed by atoms with Gasteiger partial charge in [0.05, 0.1) is 9.48 Å². The highest BCUT2D eigenvalue weighted by Gasteiger charge is 2.06. The second-order valence-corrected chi connectivity index (χ2v) is 6.11. The molecule has 0 amide bonds. The standard InChI is InChI=1S/C12H13BrN2S/c1-8-3-2-4-9(7-8)5-6-10-11(13)16-12(14)15-10/h2-4,7H,5-6H2,1H3,(H2,14,15). The van der Waals surface area contributed by atoms with Gasteiger partial charge in [-0.05, 0) is 41.3 Å². The Balaban J connectivity index is 2.05. The molecule has 1 heterocycles. The Bertz CT molecular complexity index is 494. The van der Waals surface area contributed by atoms with Crippen LogP contribution in [0, 0.1) is 6.92 Å². The molecule has 0 aliphatic rings. The number of hydrogen-bond acceptors (Lipinski definition) is 3. The van der Waals surface area contributed by atoms with Crippen molar-refractivity contribution in [3.8, 4) is 0 Å². The van der Waals surface area contributed by atoms with Crippen molar-refractivity contribution in [3.05, 3.63) is 44.9 Å². The minimum atomic E-state index is 0.631. The largest absolute Gasteiger partial charge is 0.375 e. The molecule has 2 N–H and O–H groups in total. The molecule has 84 valence electrons. The van der Waals surface area contributed by atoms with E-state index in [0.29, 0.717) is 5.13 Å². The Labute approximate surface area is 108 Å². The van der Waals surface area contributed by atoms with Crippen molar-refractivity contribution < 1.29 is 0 Å². The lowest BCUT2D eigenvalue weighted by Crippen LogP contribution is -1.93. The average molecular weight is 297 g/mol. The van der Waals surface area contributed by atoms with E-state index in [4.69, 9.17) is 5.73 Å². The second kappa shape index (κ2) is 4.97. The van der Waals surface area contributed by atoms with Gasteiger partial charge in [-0.3, -0.25) is 0 Å². The minimum Gasteiger partial charge on any atom is -0.375 e. The monoisotopic (exact) mass is 296 g/mol. The molecular weight excluding hydrogens is 284 g/mol. The molecule has 0 saturated heterocycles. The molecule has 0 spiro atoms. The third-order valence-electron chi connectivity index (χ3n) is 2.40.